The van der Waals surface area contributed by atoms with Crippen molar-refractivity contribution >= 4 is 28.3 Å². The van der Waals surface area contributed by atoms with Gasteiger partial charge in [0.05, 0.1) is 11.6 Å². The lowest BCUT2D eigenvalue weighted by molar-refractivity contribution is 0.199. The van der Waals surface area contributed by atoms with Crippen molar-refractivity contribution in [3.05, 3.63) is 34.8 Å². The molecular formula is C16H24BrClN2O2. The fourth-order valence-electron chi connectivity index (χ4n) is 2.56. The average molecular weight is 392 g/mol. The Morgan fingerprint density at radius 3 is 2.91 bits per heavy atom. The highest BCUT2D eigenvalue weighted by atomic mass is 79.9. The number of methoxy groups -OCH3 is 1. The maximum absolute atomic E-state index is 5.66. The highest BCUT2D eigenvalue weighted by Crippen LogP contribution is 2.37. The highest BCUT2D eigenvalue weighted by Gasteiger charge is 2.17. The second-order valence-corrected chi connectivity index (χ2v) is 6.15. The molecule has 124 valence electrons. The van der Waals surface area contributed by atoms with Gasteiger partial charge in [-0.25, -0.2) is 0 Å². The van der Waals surface area contributed by atoms with E-state index in [9.17, 15) is 0 Å². The van der Waals surface area contributed by atoms with E-state index in [0.29, 0.717) is 12.6 Å². The van der Waals surface area contributed by atoms with E-state index in [2.05, 4.69) is 51.8 Å². The SMILES string of the molecule is C=CCOc1c(Br)cc(CN2CCN[C@H](C)C2)cc1OC.Cl. The molecule has 0 aliphatic carbocycles. The smallest absolute Gasteiger partial charge is 0.175 e. The molecule has 0 aromatic heterocycles. The first-order valence-corrected chi connectivity index (χ1v) is 7.99. The molecule has 0 bridgehead atoms. The number of piperazine rings is 1. The Balaban J connectivity index is 0.00000242. The lowest BCUT2D eigenvalue weighted by Crippen LogP contribution is -2.48. The van der Waals surface area contributed by atoms with Gasteiger partial charge < -0.3 is 14.8 Å². The Morgan fingerprint density at radius 2 is 2.27 bits per heavy atom. The summed E-state index contributed by atoms with van der Waals surface area (Å²) in [6, 6.07) is 4.70. The molecule has 6 heteroatoms. The van der Waals surface area contributed by atoms with Crippen LogP contribution in [0.15, 0.2) is 29.3 Å². The van der Waals surface area contributed by atoms with Gasteiger partial charge in [-0.05, 0) is 40.5 Å². The lowest BCUT2D eigenvalue weighted by Gasteiger charge is -2.32. The number of hydrogen-bond donors (Lipinski definition) is 1. The first-order valence-electron chi connectivity index (χ1n) is 7.20. The van der Waals surface area contributed by atoms with Gasteiger partial charge in [0, 0.05) is 32.2 Å². The Hall–Kier alpha value is -0.750. The monoisotopic (exact) mass is 390 g/mol. The third-order valence-corrected chi connectivity index (χ3v) is 4.08. The first-order chi connectivity index (χ1) is 10.1. The predicted molar refractivity (Wildman–Crippen MR) is 96.4 cm³/mol. The molecule has 1 heterocycles. The summed E-state index contributed by atoms with van der Waals surface area (Å²) in [6.07, 6.45) is 1.72. The summed E-state index contributed by atoms with van der Waals surface area (Å²) in [6.45, 7) is 10.4. The van der Waals surface area contributed by atoms with Crippen LogP contribution in [0.3, 0.4) is 0 Å². The first kappa shape index (κ1) is 19.3. The van der Waals surface area contributed by atoms with Gasteiger partial charge in [-0.1, -0.05) is 12.7 Å². The number of ether oxygens (including phenoxy) is 2. The fourth-order valence-corrected chi connectivity index (χ4v) is 3.16. The number of hydrogen-bond acceptors (Lipinski definition) is 4. The minimum absolute atomic E-state index is 0. The van der Waals surface area contributed by atoms with E-state index in [1.165, 1.54) is 5.56 Å². The van der Waals surface area contributed by atoms with Crippen molar-refractivity contribution < 1.29 is 9.47 Å². The predicted octanol–water partition coefficient (Wildman–Crippen LogP) is 3.24. The summed E-state index contributed by atoms with van der Waals surface area (Å²) >= 11 is 3.58. The van der Waals surface area contributed by atoms with Crippen molar-refractivity contribution in [3.63, 3.8) is 0 Å². The molecule has 1 saturated heterocycles. The molecular weight excluding hydrogens is 368 g/mol. The van der Waals surface area contributed by atoms with Gasteiger partial charge in [-0.2, -0.15) is 0 Å². The highest BCUT2D eigenvalue weighted by molar-refractivity contribution is 9.10. The number of halogens is 2. The van der Waals surface area contributed by atoms with Crippen molar-refractivity contribution in [1.82, 2.24) is 10.2 Å². The molecule has 0 spiro atoms. The zero-order chi connectivity index (χ0) is 15.2. The minimum atomic E-state index is 0. The molecule has 4 nitrogen and oxygen atoms in total. The van der Waals surface area contributed by atoms with Crippen LogP contribution in [0.25, 0.3) is 0 Å². The van der Waals surface area contributed by atoms with Crippen molar-refractivity contribution in [2.24, 2.45) is 0 Å². The minimum Gasteiger partial charge on any atom is -0.493 e. The third kappa shape index (κ3) is 5.16. The van der Waals surface area contributed by atoms with Gasteiger partial charge in [0.2, 0.25) is 0 Å². The third-order valence-electron chi connectivity index (χ3n) is 3.49. The molecule has 0 radical (unpaired) electrons. The molecule has 1 fully saturated rings. The van der Waals surface area contributed by atoms with Crippen LogP contribution in [-0.2, 0) is 6.54 Å². The zero-order valence-corrected chi connectivity index (χ0v) is 15.5. The topological polar surface area (TPSA) is 33.7 Å². The van der Waals surface area contributed by atoms with Gasteiger partial charge in [-0.15, -0.1) is 12.4 Å². The molecule has 0 unspecified atom stereocenters. The van der Waals surface area contributed by atoms with E-state index in [1.807, 2.05) is 0 Å². The Labute approximate surface area is 147 Å². The standard InChI is InChI=1S/C16H23BrN2O2.ClH/c1-4-7-21-16-14(17)8-13(9-15(16)20-3)11-19-6-5-18-12(2)10-19;/h4,8-9,12,18H,1,5-7,10-11H2,2-3H3;1H/t12-;/m1./s1. The van der Waals surface area contributed by atoms with Crippen LogP contribution >= 0.6 is 28.3 Å². The maximum Gasteiger partial charge on any atom is 0.175 e. The van der Waals surface area contributed by atoms with E-state index < -0.39 is 0 Å². The van der Waals surface area contributed by atoms with Crippen LogP contribution in [0.5, 0.6) is 11.5 Å². The summed E-state index contributed by atoms with van der Waals surface area (Å²) in [4.78, 5) is 2.45. The fraction of sp³-hybridized carbons (Fsp3) is 0.500. The van der Waals surface area contributed by atoms with Crippen molar-refractivity contribution in [2.45, 2.75) is 19.5 Å². The summed E-state index contributed by atoms with van der Waals surface area (Å²) < 4.78 is 12.0. The Kier molecular flexibility index (Phi) is 8.25. The second kappa shape index (κ2) is 9.40. The van der Waals surface area contributed by atoms with Gasteiger partial charge in [0.1, 0.15) is 6.61 Å². The van der Waals surface area contributed by atoms with E-state index in [-0.39, 0.29) is 12.4 Å². The lowest BCUT2D eigenvalue weighted by atomic mass is 10.1. The van der Waals surface area contributed by atoms with Gasteiger partial charge in [0.25, 0.3) is 0 Å². The summed E-state index contributed by atoms with van der Waals surface area (Å²) in [5.74, 6) is 1.49. The van der Waals surface area contributed by atoms with E-state index in [1.54, 1.807) is 13.2 Å². The molecule has 1 aliphatic rings. The van der Waals surface area contributed by atoms with Crippen LogP contribution < -0.4 is 14.8 Å². The summed E-state index contributed by atoms with van der Waals surface area (Å²) in [5.41, 5.74) is 1.22. The van der Waals surface area contributed by atoms with Crippen LogP contribution in [0.1, 0.15) is 12.5 Å². The molecule has 1 atom stereocenters. The van der Waals surface area contributed by atoms with Crippen molar-refractivity contribution in [3.8, 4) is 11.5 Å². The average Bonchev–Trinajstić information content (AvgIpc) is 2.45. The van der Waals surface area contributed by atoms with Gasteiger partial charge >= 0.3 is 0 Å². The molecule has 1 aromatic rings. The van der Waals surface area contributed by atoms with E-state index in [0.717, 1.165) is 42.2 Å². The summed E-state index contributed by atoms with van der Waals surface area (Å²) in [5, 5.41) is 3.46. The van der Waals surface area contributed by atoms with E-state index in [4.69, 9.17) is 9.47 Å². The summed E-state index contributed by atoms with van der Waals surface area (Å²) in [7, 11) is 1.67. The van der Waals surface area contributed by atoms with Gasteiger partial charge in [0.15, 0.2) is 11.5 Å². The number of benzene rings is 1. The van der Waals surface area contributed by atoms with Crippen LogP contribution in [0.4, 0.5) is 0 Å². The van der Waals surface area contributed by atoms with Crippen molar-refractivity contribution in [2.75, 3.05) is 33.4 Å². The quantitative estimate of drug-likeness (QED) is 0.755. The number of rotatable bonds is 6. The van der Waals surface area contributed by atoms with E-state index >= 15 is 0 Å². The largest absolute Gasteiger partial charge is 0.493 e. The normalized spacial score (nSPS) is 18.4. The second-order valence-electron chi connectivity index (χ2n) is 5.30. The van der Waals surface area contributed by atoms with Crippen LogP contribution in [0, 0.1) is 0 Å². The Morgan fingerprint density at radius 1 is 1.50 bits per heavy atom. The number of nitrogens with one attached hydrogen (secondary N) is 1. The molecule has 0 saturated carbocycles. The van der Waals surface area contributed by atoms with Crippen LogP contribution in [-0.4, -0.2) is 44.3 Å². The molecule has 22 heavy (non-hydrogen) atoms. The van der Waals surface area contributed by atoms with Gasteiger partial charge in [-0.3, -0.25) is 4.90 Å². The Bertz CT molecular complexity index is 499. The van der Waals surface area contributed by atoms with Crippen molar-refractivity contribution in [1.29, 1.82) is 0 Å². The molecule has 2 rings (SSSR count). The number of nitrogens with zero attached hydrogens (tertiary/aromatic N) is 1. The molecule has 1 aliphatic heterocycles. The maximum atomic E-state index is 5.66. The molecule has 1 aromatic carbocycles. The molecule has 1 N–H and O–H groups in total. The molecule has 0 amide bonds. The zero-order valence-electron chi connectivity index (χ0n) is 13.1. The van der Waals surface area contributed by atoms with Crippen LogP contribution in [0.2, 0.25) is 0 Å².